The highest BCUT2D eigenvalue weighted by Gasteiger charge is 2.46. The second kappa shape index (κ2) is 5.22. The largest absolute Gasteiger partial charge is 0.465 e. The summed E-state index contributed by atoms with van der Waals surface area (Å²) in [5.74, 6) is 2.23. The fourth-order valence-electron chi connectivity index (χ4n) is 2.92. The van der Waals surface area contributed by atoms with Gasteiger partial charge in [0, 0.05) is 5.88 Å². The van der Waals surface area contributed by atoms with Crippen LogP contribution < -0.4 is 0 Å². The average molecular weight is 243 g/mol. The Bertz CT molecular complexity index is 288. The molecule has 4 atom stereocenters. The standard InChI is InChI=1S/C13H19ClO2/c1-9-10-4-5-11(8-10)12(9)13(15)16-7-3-2-6-14/h4-5,9-12H,2-3,6-8H2,1H3/t9-,10-,11+,12-/m1/s1. The van der Waals surface area contributed by atoms with Crippen molar-refractivity contribution in [1.29, 1.82) is 0 Å². The SMILES string of the molecule is C[C@H]1[C@@H](C(=O)OCCCCCl)[C@H]2C=C[C@@H]1C2. The van der Waals surface area contributed by atoms with E-state index in [1.807, 2.05) is 0 Å². The maximum absolute atomic E-state index is 11.9. The molecular formula is C13H19ClO2. The van der Waals surface area contributed by atoms with Gasteiger partial charge in [-0.25, -0.2) is 0 Å². The van der Waals surface area contributed by atoms with Gasteiger partial charge in [0.25, 0.3) is 0 Å². The molecule has 1 fully saturated rings. The first kappa shape index (κ1) is 12.0. The third-order valence-corrected chi connectivity index (χ3v) is 4.16. The van der Waals surface area contributed by atoms with Crippen LogP contribution in [0.1, 0.15) is 26.2 Å². The van der Waals surface area contributed by atoms with Crippen molar-refractivity contribution in [2.24, 2.45) is 23.7 Å². The van der Waals surface area contributed by atoms with Gasteiger partial charge in [-0.1, -0.05) is 19.1 Å². The maximum Gasteiger partial charge on any atom is 0.309 e. The number of hydrogen-bond acceptors (Lipinski definition) is 2. The summed E-state index contributed by atoms with van der Waals surface area (Å²) in [7, 11) is 0. The van der Waals surface area contributed by atoms with E-state index in [1.54, 1.807) is 0 Å². The zero-order valence-electron chi connectivity index (χ0n) is 9.69. The fourth-order valence-corrected chi connectivity index (χ4v) is 3.11. The minimum atomic E-state index is -0.000998. The molecule has 90 valence electrons. The summed E-state index contributed by atoms with van der Waals surface area (Å²) < 4.78 is 5.32. The Balaban J connectivity index is 1.79. The van der Waals surface area contributed by atoms with E-state index < -0.39 is 0 Å². The van der Waals surface area contributed by atoms with E-state index in [1.165, 1.54) is 0 Å². The van der Waals surface area contributed by atoms with Gasteiger partial charge in [-0.05, 0) is 37.0 Å². The molecule has 0 aliphatic heterocycles. The van der Waals surface area contributed by atoms with Crippen molar-refractivity contribution in [3.8, 4) is 0 Å². The first-order valence-corrected chi connectivity index (χ1v) is 6.68. The van der Waals surface area contributed by atoms with E-state index in [-0.39, 0.29) is 11.9 Å². The molecule has 0 aromatic heterocycles. The molecule has 0 aromatic carbocycles. The molecule has 0 saturated heterocycles. The van der Waals surface area contributed by atoms with Gasteiger partial charge in [-0.15, -0.1) is 11.6 Å². The second-order valence-corrected chi connectivity index (χ2v) is 5.27. The predicted molar refractivity (Wildman–Crippen MR) is 64.3 cm³/mol. The average Bonchev–Trinajstić information content (AvgIpc) is 2.84. The van der Waals surface area contributed by atoms with Gasteiger partial charge in [0.05, 0.1) is 12.5 Å². The molecule has 2 rings (SSSR count). The van der Waals surface area contributed by atoms with Crippen molar-refractivity contribution < 1.29 is 9.53 Å². The highest BCUT2D eigenvalue weighted by molar-refractivity contribution is 6.17. The fraction of sp³-hybridized carbons (Fsp3) is 0.769. The highest BCUT2D eigenvalue weighted by atomic mass is 35.5. The monoisotopic (exact) mass is 242 g/mol. The molecule has 3 heteroatoms. The number of carbonyl (C=O) groups is 1. The smallest absolute Gasteiger partial charge is 0.309 e. The zero-order chi connectivity index (χ0) is 11.5. The first-order chi connectivity index (χ1) is 7.74. The Labute approximate surface area is 102 Å². The summed E-state index contributed by atoms with van der Waals surface area (Å²) in [5.41, 5.74) is 0. The lowest BCUT2D eigenvalue weighted by molar-refractivity contribution is -0.151. The molecule has 0 spiro atoms. The third-order valence-electron chi connectivity index (χ3n) is 3.90. The van der Waals surface area contributed by atoms with E-state index in [4.69, 9.17) is 16.3 Å². The van der Waals surface area contributed by atoms with E-state index in [0.717, 1.165) is 19.3 Å². The number of carbonyl (C=O) groups excluding carboxylic acids is 1. The van der Waals surface area contributed by atoms with Crippen LogP contribution in [-0.4, -0.2) is 18.5 Å². The molecular weight excluding hydrogens is 224 g/mol. The Hall–Kier alpha value is -0.500. The molecule has 2 aliphatic rings. The molecule has 0 N–H and O–H groups in total. The van der Waals surface area contributed by atoms with Crippen molar-refractivity contribution in [3.05, 3.63) is 12.2 Å². The lowest BCUT2D eigenvalue weighted by atomic mass is 9.84. The summed E-state index contributed by atoms with van der Waals surface area (Å²) in [4.78, 5) is 11.9. The van der Waals surface area contributed by atoms with Crippen LogP contribution in [0.4, 0.5) is 0 Å². The molecule has 2 nitrogen and oxygen atoms in total. The number of alkyl halides is 1. The Morgan fingerprint density at radius 1 is 1.38 bits per heavy atom. The minimum absolute atomic E-state index is 0.000998. The Morgan fingerprint density at radius 3 is 2.75 bits per heavy atom. The van der Waals surface area contributed by atoms with E-state index in [9.17, 15) is 4.79 Å². The van der Waals surface area contributed by atoms with Crippen LogP contribution in [0.3, 0.4) is 0 Å². The molecule has 0 aromatic rings. The highest BCUT2D eigenvalue weighted by Crippen LogP contribution is 2.48. The number of fused-ring (bicyclic) bond motifs is 2. The number of halogens is 1. The number of unbranched alkanes of at least 4 members (excludes halogenated alkanes) is 1. The van der Waals surface area contributed by atoms with Crippen LogP contribution in [0, 0.1) is 23.7 Å². The van der Waals surface area contributed by atoms with Gasteiger partial charge in [0.1, 0.15) is 0 Å². The van der Waals surface area contributed by atoms with Gasteiger partial charge in [0.2, 0.25) is 0 Å². The molecule has 2 aliphatic carbocycles. The number of allylic oxidation sites excluding steroid dienone is 2. The zero-order valence-corrected chi connectivity index (χ0v) is 10.5. The number of hydrogen-bond donors (Lipinski definition) is 0. The third kappa shape index (κ3) is 2.27. The van der Waals surface area contributed by atoms with Gasteiger partial charge in [-0.3, -0.25) is 4.79 Å². The number of ether oxygens (including phenoxy) is 1. The van der Waals surface area contributed by atoms with Crippen molar-refractivity contribution in [1.82, 2.24) is 0 Å². The van der Waals surface area contributed by atoms with E-state index in [2.05, 4.69) is 19.1 Å². The summed E-state index contributed by atoms with van der Waals surface area (Å²) in [6, 6.07) is 0. The van der Waals surface area contributed by atoms with Crippen molar-refractivity contribution in [2.75, 3.05) is 12.5 Å². The Morgan fingerprint density at radius 2 is 2.12 bits per heavy atom. The lowest BCUT2D eigenvalue weighted by Gasteiger charge is -2.22. The summed E-state index contributed by atoms with van der Waals surface area (Å²) >= 11 is 5.57. The van der Waals surface area contributed by atoms with Gasteiger partial charge >= 0.3 is 5.97 Å². The van der Waals surface area contributed by atoms with Crippen molar-refractivity contribution >= 4 is 17.6 Å². The van der Waals surface area contributed by atoms with Crippen LogP contribution in [0.15, 0.2) is 12.2 Å². The molecule has 0 radical (unpaired) electrons. The number of esters is 1. The molecule has 1 saturated carbocycles. The quantitative estimate of drug-likeness (QED) is 0.321. The van der Waals surface area contributed by atoms with Crippen molar-refractivity contribution in [3.63, 3.8) is 0 Å². The predicted octanol–water partition coefficient (Wildman–Crippen LogP) is 3.01. The van der Waals surface area contributed by atoms with Crippen LogP contribution in [0.5, 0.6) is 0 Å². The minimum Gasteiger partial charge on any atom is -0.465 e. The van der Waals surface area contributed by atoms with Gasteiger partial charge < -0.3 is 4.74 Å². The summed E-state index contributed by atoms with van der Waals surface area (Å²) in [6.45, 7) is 2.69. The topological polar surface area (TPSA) is 26.3 Å². The normalized spacial score (nSPS) is 35.6. The van der Waals surface area contributed by atoms with Crippen molar-refractivity contribution in [2.45, 2.75) is 26.2 Å². The Kier molecular flexibility index (Phi) is 3.91. The first-order valence-electron chi connectivity index (χ1n) is 6.15. The molecule has 0 heterocycles. The summed E-state index contributed by atoms with van der Waals surface area (Å²) in [6.07, 6.45) is 7.38. The molecule has 0 amide bonds. The maximum atomic E-state index is 11.9. The van der Waals surface area contributed by atoms with Crippen LogP contribution >= 0.6 is 11.6 Å². The van der Waals surface area contributed by atoms with E-state index >= 15 is 0 Å². The summed E-state index contributed by atoms with van der Waals surface area (Å²) in [5, 5.41) is 0. The van der Waals surface area contributed by atoms with Crippen LogP contribution in [0.2, 0.25) is 0 Å². The van der Waals surface area contributed by atoms with Gasteiger partial charge in [-0.2, -0.15) is 0 Å². The lowest BCUT2D eigenvalue weighted by Crippen LogP contribution is -2.27. The van der Waals surface area contributed by atoms with E-state index in [0.29, 0.717) is 30.2 Å². The number of rotatable bonds is 5. The van der Waals surface area contributed by atoms with Crippen LogP contribution in [-0.2, 0) is 9.53 Å². The van der Waals surface area contributed by atoms with Gasteiger partial charge in [0.15, 0.2) is 0 Å². The molecule has 0 unspecified atom stereocenters. The van der Waals surface area contributed by atoms with Crippen LogP contribution in [0.25, 0.3) is 0 Å². The molecule has 2 bridgehead atoms. The molecule has 16 heavy (non-hydrogen) atoms. The second-order valence-electron chi connectivity index (χ2n) is 4.90.